The van der Waals surface area contributed by atoms with E-state index < -0.39 is 0 Å². The molecule has 0 amide bonds. The first-order valence-electron chi connectivity index (χ1n) is 6.07. The van der Waals surface area contributed by atoms with Gasteiger partial charge in [-0.2, -0.15) is 0 Å². The Labute approximate surface area is 132 Å². The van der Waals surface area contributed by atoms with Crippen LogP contribution < -0.4 is 10.1 Å². The number of nitrogens with one attached hydrogen (secondary N) is 1. The molecule has 0 saturated carbocycles. The molecule has 0 atom stereocenters. The van der Waals surface area contributed by atoms with Crippen molar-refractivity contribution >= 4 is 34.8 Å². The van der Waals surface area contributed by atoms with Crippen LogP contribution in [-0.4, -0.2) is 11.5 Å². The summed E-state index contributed by atoms with van der Waals surface area (Å²) in [6.45, 7) is 3.56. The van der Waals surface area contributed by atoms with Crippen molar-refractivity contribution in [1.29, 1.82) is 0 Å². The normalized spacial score (nSPS) is 10.6. The molecule has 1 aromatic heterocycles. The number of hydrogen-bond acceptors (Lipinski definition) is 3. The van der Waals surface area contributed by atoms with E-state index in [9.17, 15) is 0 Å². The Bertz CT molecular complexity index is 605. The molecule has 0 spiro atoms. The zero-order valence-electron chi connectivity index (χ0n) is 10.8. The highest BCUT2D eigenvalue weighted by Gasteiger charge is 2.10. The Hall–Kier alpha value is -1.000. The zero-order chi connectivity index (χ0) is 14.5. The van der Waals surface area contributed by atoms with Crippen LogP contribution in [0.5, 0.6) is 11.5 Å². The van der Waals surface area contributed by atoms with Gasteiger partial charge in [-0.3, -0.25) is 4.98 Å². The summed E-state index contributed by atoms with van der Waals surface area (Å²) in [5.74, 6) is 1.14. The second-order valence-corrected chi connectivity index (χ2v) is 5.28. The largest absolute Gasteiger partial charge is 0.455 e. The molecule has 0 bridgehead atoms. The summed E-state index contributed by atoms with van der Waals surface area (Å²) in [6, 6.07) is 4.95. The fraction of sp³-hybridized carbons (Fsp3) is 0.214. The van der Waals surface area contributed by atoms with Crippen molar-refractivity contribution in [2.24, 2.45) is 0 Å². The molecule has 1 heterocycles. The second-order valence-electron chi connectivity index (χ2n) is 4.06. The predicted octanol–water partition coefficient (Wildman–Crippen LogP) is 4.94. The molecule has 1 N–H and O–H groups in total. The number of halogens is 3. The highest BCUT2D eigenvalue weighted by atomic mass is 35.5. The Morgan fingerprint density at radius 3 is 2.60 bits per heavy atom. The van der Waals surface area contributed by atoms with Crippen LogP contribution in [-0.2, 0) is 6.54 Å². The van der Waals surface area contributed by atoms with Gasteiger partial charge in [-0.05, 0) is 18.7 Å². The molecule has 0 aliphatic carbocycles. The van der Waals surface area contributed by atoms with Crippen LogP contribution >= 0.6 is 34.8 Å². The molecule has 0 aliphatic heterocycles. The standard InChI is InChI=1S/C14H13Cl3N2O/c1-2-18-7-9-8-19-4-3-13(9)20-14-6-11(16)10(15)5-12(14)17/h3-6,8,18H,2,7H2,1H3. The maximum atomic E-state index is 6.11. The Kier molecular flexibility index (Phi) is 5.49. The van der Waals surface area contributed by atoms with E-state index in [1.54, 1.807) is 30.6 Å². The third kappa shape index (κ3) is 3.76. The summed E-state index contributed by atoms with van der Waals surface area (Å²) in [5, 5.41) is 4.43. The first-order valence-corrected chi connectivity index (χ1v) is 7.21. The highest BCUT2D eigenvalue weighted by molar-refractivity contribution is 6.43. The fourth-order valence-electron chi connectivity index (χ4n) is 1.61. The van der Waals surface area contributed by atoms with Gasteiger partial charge < -0.3 is 10.1 Å². The molecule has 3 nitrogen and oxygen atoms in total. The molecule has 106 valence electrons. The second kappa shape index (κ2) is 7.14. The molecular weight excluding hydrogens is 319 g/mol. The lowest BCUT2D eigenvalue weighted by Gasteiger charge is -2.12. The number of ether oxygens (including phenoxy) is 1. The minimum absolute atomic E-state index is 0.395. The third-order valence-corrected chi connectivity index (χ3v) is 3.64. The molecule has 0 unspecified atom stereocenters. The number of aromatic nitrogens is 1. The van der Waals surface area contributed by atoms with E-state index in [4.69, 9.17) is 39.5 Å². The number of pyridine rings is 1. The lowest BCUT2D eigenvalue weighted by molar-refractivity contribution is 0.472. The SMILES string of the molecule is CCNCc1cnccc1Oc1cc(Cl)c(Cl)cc1Cl. The first kappa shape index (κ1) is 15.4. The molecule has 0 saturated heterocycles. The summed E-state index contributed by atoms with van der Waals surface area (Å²) < 4.78 is 5.82. The third-order valence-electron chi connectivity index (χ3n) is 2.62. The average Bonchev–Trinajstić information content (AvgIpc) is 2.44. The van der Waals surface area contributed by atoms with Gasteiger partial charge in [0.15, 0.2) is 0 Å². The molecule has 1 aromatic carbocycles. The van der Waals surface area contributed by atoms with Gasteiger partial charge >= 0.3 is 0 Å². The van der Waals surface area contributed by atoms with Gasteiger partial charge in [-0.15, -0.1) is 0 Å². The highest BCUT2D eigenvalue weighted by Crippen LogP contribution is 2.37. The Morgan fingerprint density at radius 2 is 1.85 bits per heavy atom. The van der Waals surface area contributed by atoms with Crippen molar-refractivity contribution in [3.63, 3.8) is 0 Å². The summed E-state index contributed by atoms with van der Waals surface area (Å²) in [6.07, 6.45) is 3.42. The van der Waals surface area contributed by atoms with E-state index in [-0.39, 0.29) is 0 Å². The van der Waals surface area contributed by atoms with Crippen LogP contribution in [0.4, 0.5) is 0 Å². The Morgan fingerprint density at radius 1 is 1.10 bits per heavy atom. The van der Waals surface area contributed by atoms with E-state index in [1.165, 1.54) is 0 Å². The molecule has 0 fully saturated rings. The van der Waals surface area contributed by atoms with Gasteiger partial charge in [0.05, 0.1) is 15.1 Å². The van der Waals surface area contributed by atoms with Crippen LogP contribution in [0.1, 0.15) is 12.5 Å². The number of hydrogen-bond donors (Lipinski definition) is 1. The Balaban J connectivity index is 2.28. The molecule has 0 aliphatic rings. The minimum atomic E-state index is 0.395. The van der Waals surface area contributed by atoms with Crippen molar-refractivity contribution < 1.29 is 4.74 Å². The van der Waals surface area contributed by atoms with E-state index >= 15 is 0 Å². The number of benzene rings is 1. The maximum absolute atomic E-state index is 6.11. The maximum Gasteiger partial charge on any atom is 0.147 e. The number of rotatable bonds is 5. The molecule has 2 rings (SSSR count). The van der Waals surface area contributed by atoms with Gasteiger partial charge in [0.1, 0.15) is 11.5 Å². The lowest BCUT2D eigenvalue weighted by Crippen LogP contribution is -2.12. The lowest BCUT2D eigenvalue weighted by atomic mass is 10.2. The van der Waals surface area contributed by atoms with E-state index in [0.717, 1.165) is 12.1 Å². The minimum Gasteiger partial charge on any atom is -0.455 e. The fourth-order valence-corrected chi connectivity index (χ4v) is 2.18. The van der Waals surface area contributed by atoms with Crippen molar-refractivity contribution in [1.82, 2.24) is 10.3 Å². The van der Waals surface area contributed by atoms with Crippen molar-refractivity contribution in [3.8, 4) is 11.5 Å². The zero-order valence-corrected chi connectivity index (χ0v) is 13.1. The van der Waals surface area contributed by atoms with Gasteiger partial charge in [0.25, 0.3) is 0 Å². The van der Waals surface area contributed by atoms with E-state index in [0.29, 0.717) is 33.1 Å². The molecular formula is C14H13Cl3N2O. The van der Waals surface area contributed by atoms with Crippen molar-refractivity contribution in [2.75, 3.05) is 6.54 Å². The summed E-state index contributed by atoms with van der Waals surface area (Å²) in [4.78, 5) is 4.09. The van der Waals surface area contributed by atoms with Crippen molar-refractivity contribution in [2.45, 2.75) is 13.5 Å². The summed E-state index contributed by atoms with van der Waals surface area (Å²) in [5.41, 5.74) is 0.941. The topological polar surface area (TPSA) is 34.2 Å². The smallest absolute Gasteiger partial charge is 0.147 e. The van der Waals surface area contributed by atoms with E-state index in [1.807, 2.05) is 6.92 Å². The van der Waals surface area contributed by atoms with Crippen molar-refractivity contribution in [3.05, 3.63) is 51.2 Å². The van der Waals surface area contributed by atoms with Crippen LogP contribution in [0.3, 0.4) is 0 Å². The molecule has 20 heavy (non-hydrogen) atoms. The molecule has 2 aromatic rings. The number of nitrogens with zero attached hydrogens (tertiary/aromatic N) is 1. The first-order chi connectivity index (χ1) is 9.61. The van der Waals surface area contributed by atoms with Gasteiger partial charge in [0.2, 0.25) is 0 Å². The molecule has 0 radical (unpaired) electrons. The van der Waals surface area contributed by atoms with E-state index in [2.05, 4.69) is 10.3 Å². The quantitative estimate of drug-likeness (QED) is 0.788. The van der Waals surface area contributed by atoms with Crippen LogP contribution in [0, 0.1) is 0 Å². The van der Waals surface area contributed by atoms with Gasteiger partial charge in [-0.1, -0.05) is 41.7 Å². The summed E-state index contributed by atoms with van der Waals surface area (Å²) in [7, 11) is 0. The average molecular weight is 332 g/mol. The van der Waals surface area contributed by atoms with Crippen LogP contribution in [0.2, 0.25) is 15.1 Å². The summed E-state index contributed by atoms with van der Waals surface area (Å²) >= 11 is 18.0. The van der Waals surface area contributed by atoms with Gasteiger partial charge in [-0.25, -0.2) is 0 Å². The van der Waals surface area contributed by atoms with Gasteiger partial charge in [0, 0.05) is 30.6 Å². The van der Waals surface area contributed by atoms with Crippen LogP contribution in [0.25, 0.3) is 0 Å². The predicted molar refractivity (Wildman–Crippen MR) is 83.2 cm³/mol. The monoisotopic (exact) mass is 330 g/mol. The molecule has 6 heteroatoms. The van der Waals surface area contributed by atoms with Crippen LogP contribution in [0.15, 0.2) is 30.6 Å².